The van der Waals surface area contributed by atoms with Crippen molar-refractivity contribution in [1.29, 1.82) is 0 Å². The van der Waals surface area contributed by atoms with Crippen molar-refractivity contribution in [3.63, 3.8) is 0 Å². The van der Waals surface area contributed by atoms with Crippen LogP contribution in [0.15, 0.2) is 59.5 Å². The third-order valence-corrected chi connectivity index (χ3v) is 6.62. The molecule has 2 N–H and O–H groups in total. The molecule has 0 aliphatic carbocycles. The number of nitrogens with zero attached hydrogens (tertiary/aromatic N) is 5. The lowest BCUT2D eigenvalue weighted by molar-refractivity contribution is 0.398. The van der Waals surface area contributed by atoms with Gasteiger partial charge < -0.3 is 19.9 Å². The molecule has 176 valence electrons. The van der Waals surface area contributed by atoms with Gasteiger partial charge in [-0.15, -0.1) is 5.10 Å². The average molecular weight is 488 g/mol. The van der Waals surface area contributed by atoms with Gasteiger partial charge in [0.1, 0.15) is 5.52 Å². The van der Waals surface area contributed by atoms with Gasteiger partial charge in [-0.2, -0.15) is 0 Å². The molecule has 4 heterocycles. The van der Waals surface area contributed by atoms with Gasteiger partial charge >= 0.3 is 0 Å². The fourth-order valence-electron chi connectivity index (χ4n) is 4.53. The summed E-state index contributed by atoms with van der Waals surface area (Å²) in [4.78, 5) is 22.2. The number of aromatic nitrogens is 5. The molecule has 35 heavy (non-hydrogen) atoms. The van der Waals surface area contributed by atoms with Gasteiger partial charge in [0.25, 0.3) is 5.56 Å². The van der Waals surface area contributed by atoms with E-state index in [2.05, 4.69) is 30.5 Å². The van der Waals surface area contributed by atoms with Crippen LogP contribution >= 0.6 is 11.6 Å². The van der Waals surface area contributed by atoms with Crippen molar-refractivity contribution in [1.82, 2.24) is 30.3 Å². The fraction of sp³-hybridized carbons (Fsp3) is 0.200. The molecule has 2 aromatic carbocycles. The second kappa shape index (κ2) is 8.68. The van der Waals surface area contributed by atoms with Crippen molar-refractivity contribution < 1.29 is 4.74 Å². The zero-order valence-electron chi connectivity index (χ0n) is 19.0. The molecule has 3 aromatic heterocycles. The van der Waals surface area contributed by atoms with Crippen molar-refractivity contribution in [2.24, 2.45) is 0 Å². The lowest BCUT2D eigenvalue weighted by atomic mass is 10.0. The van der Waals surface area contributed by atoms with E-state index in [-0.39, 0.29) is 11.1 Å². The minimum atomic E-state index is -0.291. The number of fused-ring (bicyclic) bond motifs is 3. The Morgan fingerprint density at radius 2 is 1.86 bits per heavy atom. The summed E-state index contributed by atoms with van der Waals surface area (Å²) in [6.07, 6.45) is 1.76. The molecule has 1 aliphatic rings. The molecule has 0 spiro atoms. The van der Waals surface area contributed by atoms with E-state index in [1.165, 1.54) is 0 Å². The van der Waals surface area contributed by atoms with E-state index in [9.17, 15) is 4.79 Å². The molecule has 1 aliphatic heterocycles. The first kappa shape index (κ1) is 21.6. The van der Waals surface area contributed by atoms with Crippen LogP contribution in [0.2, 0.25) is 5.02 Å². The van der Waals surface area contributed by atoms with Gasteiger partial charge in [-0.1, -0.05) is 22.9 Å². The van der Waals surface area contributed by atoms with Crippen LogP contribution in [0, 0.1) is 0 Å². The monoisotopic (exact) mass is 487 g/mol. The van der Waals surface area contributed by atoms with Crippen molar-refractivity contribution in [3.8, 4) is 22.7 Å². The molecular weight excluding hydrogens is 466 g/mol. The van der Waals surface area contributed by atoms with Crippen LogP contribution in [0.5, 0.6) is 5.88 Å². The molecule has 6 rings (SSSR count). The van der Waals surface area contributed by atoms with Crippen LogP contribution in [0.3, 0.4) is 0 Å². The summed E-state index contributed by atoms with van der Waals surface area (Å²) in [5.74, 6) is 0.546. The molecule has 0 atom stereocenters. The normalized spacial score (nSPS) is 14.1. The molecule has 9 nitrogen and oxygen atoms in total. The summed E-state index contributed by atoms with van der Waals surface area (Å²) >= 11 is 6.70. The highest BCUT2D eigenvalue weighted by molar-refractivity contribution is 6.33. The van der Waals surface area contributed by atoms with Crippen LogP contribution in [0.25, 0.3) is 38.8 Å². The third-order valence-electron chi connectivity index (χ3n) is 6.32. The van der Waals surface area contributed by atoms with E-state index in [1.807, 2.05) is 48.5 Å². The first-order chi connectivity index (χ1) is 17.1. The SMILES string of the molecule is COc1ccc(-c2ccc3[nH]c(=O)c4nnn(-c5ccc(N6CCNCC6)c(Cl)c5)c4c3c2)cn1. The van der Waals surface area contributed by atoms with Crippen molar-refractivity contribution in [2.45, 2.75) is 0 Å². The summed E-state index contributed by atoms with van der Waals surface area (Å²) in [5, 5.41) is 13.3. The van der Waals surface area contributed by atoms with E-state index in [4.69, 9.17) is 16.3 Å². The van der Waals surface area contributed by atoms with Crippen molar-refractivity contribution in [2.75, 3.05) is 38.2 Å². The zero-order valence-corrected chi connectivity index (χ0v) is 19.7. The Hall–Kier alpha value is -3.95. The largest absolute Gasteiger partial charge is 0.481 e. The van der Waals surface area contributed by atoms with Crippen LogP contribution in [-0.2, 0) is 0 Å². The number of anilines is 1. The molecule has 0 bridgehead atoms. The van der Waals surface area contributed by atoms with E-state index in [1.54, 1.807) is 18.0 Å². The zero-order chi connectivity index (χ0) is 23.9. The second-order valence-corrected chi connectivity index (χ2v) is 8.78. The maximum atomic E-state index is 12.8. The standard InChI is InChI=1S/C25H22ClN7O2/c1-35-22-7-3-16(14-28-22)15-2-5-20-18(12-15)24-23(25(34)29-20)30-31-33(24)17-4-6-21(19(26)13-17)32-10-8-27-9-11-32/h2-7,12-14,27H,8-11H2,1H3,(H,29,34). The quantitative estimate of drug-likeness (QED) is 0.400. The summed E-state index contributed by atoms with van der Waals surface area (Å²) in [6, 6.07) is 15.4. The number of halogens is 1. The molecule has 10 heteroatoms. The van der Waals surface area contributed by atoms with Crippen LogP contribution in [0.1, 0.15) is 0 Å². The number of H-pyrrole nitrogens is 1. The van der Waals surface area contributed by atoms with Gasteiger partial charge in [-0.05, 0) is 42.0 Å². The number of hydrogen-bond donors (Lipinski definition) is 2. The Kier molecular flexibility index (Phi) is 5.35. The molecule has 5 aromatic rings. The summed E-state index contributed by atoms with van der Waals surface area (Å²) in [6.45, 7) is 3.64. The number of piperazine rings is 1. The number of rotatable bonds is 4. The van der Waals surface area contributed by atoms with E-state index in [0.717, 1.165) is 54.1 Å². The Labute approximate surface area is 205 Å². The smallest absolute Gasteiger partial charge is 0.278 e. The number of benzene rings is 2. The van der Waals surface area contributed by atoms with Crippen molar-refractivity contribution in [3.05, 3.63) is 70.1 Å². The van der Waals surface area contributed by atoms with Gasteiger partial charge in [0.05, 0.1) is 29.0 Å². The van der Waals surface area contributed by atoms with Gasteiger partial charge in [-0.3, -0.25) is 4.79 Å². The highest BCUT2D eigenvalue weighted by atomic mass is 35.5. The lowest BCUT2D eigenvalue weighted by Crippen LogP contribution is -2.43. The maximum absolute atomic E-state index is 12.8. The Bertz CT molecular complexity index is 1600. The topological polar surface area (TPSA) is 101 Å². The van der Waals surface area contributed by atoms with Crippen LogP contribution < -0.4 is 20.5 Å². The molecule has 1 saturated heterocycles. The number of hydrogen-bond acceptors (Lipinski definition) is 7. The predicted octanol–water partition coefficient (Wildman–Crippen LogP) is 3.40. The van der Waals surface area contributed by atoms with Crippen LogP contribution in [0.4, 0.5) is 5.69 Å². The van der Waals surface area contributed by atoms with E-state index in [0.29, 0.717) is 21.9 Å². The molecule has 0 saturated carbocycles. The minimum absolute atomic E-state index is 0.268. The first-order valence-corrected chi connectivity index (χ1v) is 11.7. The van der Waals surface area contributed by atoms with Gasteiger partial charge in [0.15, 0.2) is 5.52 Å². The summed E-state index contributed by atoms with van der Waals surface area (Å²) in [7, 11) is 1.59. The number of ether oxygens (including phenoxy) is 1. The molecular formula is C25H22ClN7O2. The number of aromatic amines is 1. The van der Waals surface area contributed by atoms with Gasteiger partial charge in [0, 0.05) is 49.4 Å². The Balaban J connectivity index is 1.50. The minimum Gasteiger partial charge on any atom is -0.481 e. The highest BCUT2D eigenvalue weighted by Gasteiger charge is 2.18. The summed E-state index contributed by atoms with van der Waals surface area (Å²) in [5.41, 5.74) is 4.89. The highest BCUT2D eigenvalue weighted by Crippen LogP contribution is 2.32. The Morgan fingerprint density at radius 3 is 2.60 bits per heavy atom. The van der Waals surface area contributed by atoms with Gasteiger partial charge in [0.2, 0.25) is 5.88 Å². The third kappa shape index (κ3) is 3.78. The molecule has 0 amide bonds. The maximum Gasteiger partial charge on any atom is 0.278 e. The number of nitrogens with one attached hydrogen (secondary N) is 2. The summed E-state index contributed by atoms with van der Waals surface area (Å²) < 4.78 is 6.85. The fourth-order valence-corrected chi connectivity index (χ4v) is 4.82. The number of methoxy groups -OCH3 is 1. The average Bonchev–Trinajstić information content (AvgIpc) is 3.35. The first-order valence-electron chi connectivity index (χ1n) is 11.3. The van der Waals surface area contributed by atoms with Crippen molar-refractivity contribution >= 4 is 39.2 Å². The second-order valence-electron chi connectivity index (χ2n) is 8.37. The van der Waals surface area contributed by atoms with E-state index >= 15 is 0 Å². The molecule has 0 radical (unpaired) electrons. The Morgan fingerprint density at radius 1 is 1.03 bits per heavy atom. The predicted molar refractivity (Wildman–Crippen MR) is 137 cm³/mol. The van der Waals surface area contributed by atoms with Crippen LogP contribution in [-0.4, -0.2) is 58.3 Å². The van der Waals surface area contributed by atoms with Gasteiger partial charge in [-0.25, -0.2) is 9.67 Å². The molecule has 1 fully saturated rings. The van der Waals surface area contributed by atoms with E-state index < -0.39 is 0 Å². The lowest BCUT2D eigenvalue weighted by Gasteiger charge is -2.30. The number of pyridine rings is 2. The molecule has 0 unspecified atom stereocenters.